The third kappa shape index (κ3) is 10.9. The van der Waals surface area contributed by atoms with Crippen LogP contribution >= 0.6 is 22.6 Å². The molecule has 1 aromatic carbocycles. The zero-order chi connectivity index (χ0) is 20.5. The molecule has 0 unspecified atom stereocenters. The molecule has 0 aliphatic heterocycles. The maximum Gasteiger partial charge on any atom is 0.0166 e. The van der Waals surface area contributed by atoms with Gasteiger partial charge in [-0.2, -0.15) is 0 Å². The van der Waals surface area contributed by atoms with Gasteiger partial charge in [0.15, 0.2) is 0 Å². The molecule has 0 nitrogen and oxygen atoms in total. The van der Waals surface area contributed by atoms with E-state index >= 15 is 0 Å². The molecular formula is C26H45I. The summed E-state index contributed by atoms with van der Waals surface area (Å²) < 4.78 is 0.455. The van der Waals surface area contributed by atoms with E-state index in [2.05, 4.69) is 83.2 Å². The Hall–Kier alpha value is -0.0500. The van der Waals surface area contributed by atoms with Crippen molar-refractivity contribution in [2.75, 3.05) is 0 Å². The summed E-state index contributed by atoms with van der Waals surface area (Å²) in [6, 6.07) is 4.95. The van der Waals surface area contributed by atoms with Crippen molar-refractivity contribution in [3.63, 3.8) is 0 Å². The van der Waals surface area contributed by atoms with Crippen LogP contribution in [0.2, 0.25) is 0 Å². The van der Waals surface area contributed by atoms with Gasteiger partial charge in [0.25, 0.3) is 0 Å². The van der Waals surface area contributed by atoms with Gasteiger partial charge in [0, 0.05) is 3.42 Å². The van der Waals surface area contributed by atoms with Crippen molar-refractivity contribution in [1.29, 1.82) is 0 Å². The van der Waals surface area contributed by atoms with E-state index in [1.165, 1.54) is 81.8 Å². The molecule has 0 aliphatic rings. The Bertz CT molecular complexity index is 548. The van der Waals surface area contributed by atoms with Crippen molar-refractivity contribution in [3.8, 4) is 0 Å². The maximum atomic E-state index is 2.58. The molecule has 0 bridgehead atoms. The van der Waals surface area contributed by atoms with Crippen molar-refractivity contribution >= 4 is 22.6 Å². The topological polar surface area (TPSA) is 0 Å². The SMILES string of the molecule is CCC(C)(C)CCCCCc1cc(C)c(C)c(CCCCCC(C)(C)I)c1. The molecule has 1 aromatic rings. The molecule has 0 spiro atoms. The van der Waals surface area contributed by atoms with E-state index in [1.54, 1.807) is 11.1 Å². The second-order valence-electron chi connectivity index (χ2n) is 10.1. The van der Waals surface area contributed by atoms with Crippen molar-refractivity contribution < 1.29 is 0 Å². The van der Waals surface area contributed by atoms with Gasteiger partial charge in [0.05, 0.1) is 0 Å². The fourth-order valence-corrected chi connectivity index (χ4v) is 4.12. The summed E-state index contributed by atoms with van der Waals surface area (Å²) in [7, 11) is 0. The first-order chi connectivity index (χ1) is 12.5. The Labute approximate surface area is 184 Å². The first-order valence-electron chi connectivity index (χ1n) is 11.3. The summed E-state index contributed by atoms with van der Waals surface area (Å²) in [5.74, 6) is 0. The fourth-order valence-electron chi connectivity index (χ4n) is 3.74. The number of halogens is 1. The lowest BCUT2D eigenvalue weighted by Gasteiger charge is -2.22. The first-order valence-corrected chi connectivity index (χ1v) is 12.4. The van der Waals surface area contributed by atoms with Gasteiger partial charge in [-0.25, -0.2) is 0 Å². The number of benzene rings is 1. The highest BCUT2D eigenvalue weighted by Crippen LogP contribution is 2.28. The molecule has 0 heterocycles. The van der Waals surface area contributed by atoms with Crippen LogP contribution in [0.5, 0.6) is 0 Å². The van der Waals surface area contributed by atoms with Crippen LogP contribution < -0.4 is 0 Å². The standard InChI is InChI=1S/C26H45I/c1-8-25(4,5)17-13-9-11-15-23-19-21(2)22(3)24(20-23)16-12-10-14-18-26(6,7)27/h19-20H,8-18H2,1-7H3. The van der Waals surface area contributed by atoms with E-state index in [0.717, 1.165) is 0 Å². The van der Waals surface area contributed by atoms with Crippen molar-refractivity contribution in [2.24, 2.45) is 5.41 Å². The van der Waals surface area contributed by atoms with Gasteiger partial charge in [-0.1, -0.05) is 101 Å². The minimum atomic E-state index is 0.455. The monoisotopic (exact) mass is 484 g/mol. The van der Waals surface area contributed by atoms with E-state index in [4.69, 9.17) is 0 Å². The van der Waals surface area contributed by atoms with E-state index in [1.807, 2.05) is 0 Å². The molecule has 1 rings (SSSR count). The van der Waals surface area contributed by atoms with Crippen molar-refractivity contribution in [2.45, 2.75) is 123 Å². The Kier molecular flexibility index (Phi) is 10.9. The maximum absolute atomic E-state index is 2.58. The van der Waals surface area contributed by atoms with Gasteiger partial charge in [0.1, 0.15) is 0 Å². The third-order valence-electron chi connectivity index (χ3n) is 6.33. The van der Waals surface area contributed by atoms with Crippen LogP contribution in [0.3, 0.4) is 0 Å². The van der Waals surface area contributed by atoms with Crippen LogP contribution in [0, 0.1) is 19.3 Å². The molecule has 0 amide bonds. The minimum Gasteiger partial charge on any atom is -0.0795 e. The average Bonchev–Trinajstić information content (AvgIpc) is 2.57. The normalized spacial score (nSPS) is 12.6. The number of aryl methyl sites for hydroxylation is 3. The van der Waals surface area contributed by atoms with Crippen molar-refractivity contribution in [3.05, 3.63) is 34.4 Å². The van der Waals surface area contributed by atoms with Crippen LogP contribution in [-0.2, 0) is 12.8 Å². The Morgan fingerprint density at radius 2 is 1.37 bits per heavy atom. The third-order valence-corrected chi connectivity index (χ3v) is 6.87. The number of alkyl halides is 1. The molecule has 0 fully saturated rings. The van der Waals surface area contributed by atoms with Gasteiger partial charge in [0.2, 0.25) is 0 Å². The first kappa shape index (κ1) is 25.0. The van der Waals surface area contributed by atoms with Crippen LogP contribution in [0.4, 0.5) is 0 Å². The molecule has 0 saturated carbocycles. The Morgan fingerprint density at radius 1 is 0.778 bits per heavy atom. The Morgan fingerprint density at radius 3 is 1.96 bits per heavy atom. The van der Waals surface area contributed by atoms with Crippen LogP contribution in [-0.4, -0.2) is 3.42 Å². The molecule has 27 heavy (non-hydrogen) atoms. The summed E-state index contributed by atoms with van der Waals surface area (Å²) in [5.41, 5.74) is 6.71. The lowest BCUT2D eigenvalue weighted by atomic mass is 9.84. The number of hydrogen-bond acceptors (Lipinski definition) is 0. The Balaban J connectivity index is 2.44. The fraction of sp³-hybridized carbons (Fsp3) is 0.769. The molecule has 1 heteroatoms. The molecule has 0 saturated heterocycles. The molecule has 0 N–H and O–H groups in total. The van der Waals surface area contributed by atoms with E-state index in [0.29, 0.717) is 8.84 Å². The zero-order valence-corrected chi connectivity index (χ0v) is 21.5. The summed E-state index contributed by atoms with van der Waals surface area (Å²) >= 11 is 2.58. The zero-order valence-electron chi connectivity index (χ0n) is 19.3. The lowest BCUT2D eigenvalue weighted by Crippen LogP contribution is -2.08. The van der Waals surface area contributed by atoms with Gasteiger partial charge >= 0.3 is 0 Å². The molecule has 0 aromatic heterocycles. The molecule has 0 radical (unpaired) electrons. The largest absolute Gasteiger partial charge is 0.0795 e. The lowest BCUT2D eigenvalue weighted by molar-refractivity contribution is 0.308. The van der Waals surface area contributed by atoms with Gasteiger partial charge < -0.3 is 0 Å². The predicted molar refractivity (Wildman–Crippen MR) is 132 cm³/mol. The van der Waals surface area contributed by atoms with E-state index < -0.39 is 0 Å². The summed E-state index contributed by atoms with van der Waals surface area (Å²) in [5, 5.41) is 0. The highest BCUT2D eigenvalue weighted by Gasteiger charge is 2.14. The summed E-state index contributed by atoms with van der Waals surface area (Å²) in [6.07, 6.45) is 14.7. The predicted octanol–water partition coefficient (Wildman–Crippen LogP) is 9.16. The second-order valence-corrected chi connectivity index (χ2v) is 13.0. The van der Waals surface area contributed by atoms with Crippen LogP contribution in [0.1, 0.15) is 115 Å². The van der Waals surface area contributed by atoms with Gasteiger partial charge in [-0.15, -0.1) is 0 Å². The smallest absolute Gasteiger partial charge is 0.0166 e. The minimum absolute atomic E-state index is 0.455. The average molecular weight is 485 g/mol. The number of rotatable bonds is 13. The van der Waals surface area contributed by atoms with Crippen LogP contribution in [0.25, 0.3) is 0 Å². The molecular weight excluding hydrogens is 439 g/mol. The second kappa shape index (κ2) is 11.8. The van der Waals surface area contributed by atoms with Crippen molar-refractivity contribution in [1.82, 2.24) is 0 Å². The summed E-state index contributed by atoms with van der Waals surface area (Å²) in [6.45, 7) is 16.4. The number of unbranched alkanes of at least 4 members (excludes halogenated alkanes) is 4. The van der Waals surface area contributed by atoms with E-state index in [9.17, 15) is 0 Å². The quantitative estimate of drug-likeness (QED) is 0.149. The molecule has 0 atom stereocenters. The van der Waals surface area contributed by atoms with E-state index in [-0.39, 0.29) is 0 Å². The van der Waals surface area contributed by atoms with Gasteiger partial charge in [-0.05, 0) is 80.0 Å². The molecule has 156 valence electrons. The molecule has 0 aliphatic carbocycles. The highest BCUT2D eigenvalue weighted by molar-refractivity contribution is 14.1. The highest BCUT2D eigenvalue weighted by atomic mass is 127. The van der Waals surface area contributed by atoms with Crippen LogP contribution in [0.15, 0.2) is 12.1 Å². The van der Waals surface area contributed by atoms with Gasteiger partial charge in [-0.3, -0.25) is 0 Å². The number of hydrogen-bond donors (Lipinski definition) is 0. The summed E-state index contributed by atoms with van der Waals surface area (Å²) in [4.78, 5) is 0.